The van der Waals surface area contributed by atoms with Crippen molar-refractivity contribution in [1.29, 1.82) is 0 Å². The predicted octanol–water partition coefficient (Wildman–Crippen LogP) is 3.05. The van der Waals surface area contributed by atoms with Crippen LogP contribution < -0.4 is 4.74 Å². The average molecular weight is 279 g/mol. The molecular weight excluding hydrogens is 266 g/mol. The van der Waals surface area contributed by atoms with E-state index in [1.165, 1.54) is 19.2 Å². The molecule has 100 valence electrons. The van der Waals surface area contributed by atoms with Crippen LogP contribution in [0.4, 0.5) is 8.78 Å². The number of methoxy groups -OCH3 is 1. The van der Waals surface area contributed by atoms with E-state index >= 15 is 0 Å². The Morgan fingerprint density at radius 3 is 2.61 bits per heavy atom. The summed E-state index contributed by atoms with van der Waals surface area (Å²) in [4.78, 5) is 11.2. The third kappa shape index (κ3) is 3.84. The van der Waals surface area contributed by atoms with Gasteiger partial charge in [-0.15, -0.1) is 11.6 Å². The summed E-state index contributed by atoms with van der Waals surface area (Å²) in [5.41, 5.74) is 1.92. The minimum absolute atomic E-state index is 0.0340. The van der Waals surface area contributed by atoms with Crippen molar-refractivity contribution in [3.05, 3.63) is 28.8 Å². The summed E-state index contributed by atoms with van der Waals surface area (Å²) in [5, 5.41) is 0. The summed E-state index contributed by atoms with van der Waals surface area (Å²) in [7, 11) is 1.28. The summed E-state index contributed by atoms with van der Waals surface area (Å²) in [6.45, 7) is -1.19. The maximum Gasteiger partial charge on any atom is 0.387 e. The zero-order chi connectivity index (χ0) is 13.7. The van der Waals surface area contributed by atoms with Crippen molar-refractivity contribution in [1.82, 2.24) is 0 Å². The number of rotatable bonds is 5. The lowest BCUT2D eigenvalue weighted by Crippen LogP contribution is -2.09. The molecule has 0 saturated carbocycles. The fraction of sp³-hybridized carbons (Fsp3) is 0.417. The third-order valence-electron chi connectivity index (χ3n) is 2.46. The van der Waals surface area contributed by atoms with Crippen LogP contribution in [0.1, 0.15) is 16.7 Å². The Morgan fingerprint density at radius 1 is 1.44 bits per heavy atom. The fourth-order valence-corrected chi connectivity index (χ4v) is 1.85. The van der Waals surface area contributed by atoms with Crippen molar-refractivity contribution in [3.8, 4) is 5.75 Å². The van der Waals surface area contributed by atoms with E-state index in [0.29, 0.717) is 16.7 Å². The molecule has 0 spiro atoms. The Morgan fingerprint density at radius 2 is 2.11 bits per heavy atom. The van der Waals surface area contributed by atoms with Crippen molar-refractivity contribution in [2.24, 2.45) is 0 Å². The zero-order valence-corrected chi connectivity index (χ0v) is 10.8. The molecule has 3 nitrogen and oxygen atoms in total. The molecule has 6 heteroatoms. The minimum Gasteiger partial charge on any atom is -0.469 e. The number of carbonyl (C=O) groups is 1. The molecule has 0 bridgehead atoms. The molecule has 0 amide bonds. The highest BCUT2D eigenvalue weighted by atomic mass is 35.5. The topological polar surface area (TPSA) is 35.5 Å². The third-order valence-corrected chi connectivity index (χ3v) is 2.74. The van der Waals surface area contributed by atoms with Gasteiger partial charge in [0.1, 0.15) is 5.75 Å². The van der Waals surface area contributed by atoms with Crippen molar-refractivity contribution in [3.63, 3.8) is 0 Å². The molecule has 0 N–H and O–H groups in total. The second kappa shape index (κ2) is 6.54. The van der Waals surface area contributed by atoms with Crippen molar-refractivity contribution in [2.75, 3.05) is 7.11 Å². The Balaban J connectivity index is 3.07. The molecule has 1 rings (SSSR count). The van der Waals surface area contributed by atoms with E-state index < -0.39 is 12.6 Å². The van der Waals surface area contributed by atoms with Crippen LogP contribution >= 0.6 is 11.6 Å². The first-order chi connectivity index (χ1) is 8.47. The van der Waals surface area contributed by atoms with E-state index in [0.717, 1.165) is 0 Å². The summed E-state index contributed by atoms with van der Waals surface area (Å²) >= 11 is 5.74. The molecule has 0 unspecified atom stereocenters. The summed E-state index contributed by atoms with van der Waals surface area (Å²) in [6, 6.07) is 2.85. The van der Waals surface area contributed by atoms with Gasteiger partial charge in [-0.3, -0.25) is 4.79 Å². The highest BCUT2D eigenvalue weighted by Crippen LogP contribution is 2.25. The Hall–Kier alpha value is -1.36. The van der Waals surface area contributed by atoms with E-state index in [-0.39, 0.29) is 18.1 Å². The first kappa shape index (κ1) is 14.7. The standard InChI is InChI=1S/C12H13ClF2O3/c1-7-3-9(18-12(14)15)4-8(6-13)10(7)5-11(16)17-2/h3-4,12H,5-6H2,1-2H3. The summed E-state index contributed by atoms with van der Waals surface area (Å²) in [6.07, 6.45) is 0.0549. The van der Waals surface area contributed by atoms with Crippen LogP contribution in [-0.2, 0) is 21.8 Å². The van der Waals surface area contributed by atoms with E-state index in [1.807, 2.05) is 0 Å². The maximum absolute atomic E-state index is 12.1. The average Bonchev–Trinajstić information content (AvgIpc) is 2.31. The second-order valence-corrected chi connectivity index (χ2v) is 3.91. The van der Waals surface area contributed by atoms with Crippen molar-refractivity contribution in [2.45, 2.75) is 25.8 Å². The van der Waals surface area contributed by atoms with Gasteiger partial charge >= 0.3 is 12.6 Å². The summed E-state index contributed by atoms with van der Waals surface area (Å²) in [5.74, 6) is -0.271. The van der Waals surface area contributed by atoms with Gasteiger partial charge in [0, 0.05) is 5.88 Å². The minimum atomic E-state index is -2.89. The van der Waals surface area contributed by atoms with Gasteiger partial charge in [0.05, 0.1) is 13.5 Å². The highest BCUT2D eigenvalue weighted by molar-refractivity contribution is 6.17. The van der Waals surface area contributed by atoms with Gasteiger partial charge < -0.3 is 9.47 Å². The quantitative estimate of drug-likeness (QED) is 0.613. The van der Waals surface area contributed by atoms with Crippen LogP contribution in [0.15, 0.2) is 12.1 Å². The lowest BCUT2D eigenvalue weighted by atomic mass is 9.99. The van der Waals surface area contributed by atoms with Crippen molar-refractivity contribution >= 4 is 17.6 Å². The van der Waals surface area contributed by atoms with E-state index in [9.17, 15) is 13.6 Å². The number of esters is 1. The lowest BCUT2D eigenvalue weighted by molar-refractivity contribution is -0.139. The Bertz CT molecular complexity index is 436. The number of ether oxygens (including phenoxy) is 2. The van der Waals surface area contributed by atoms with Crippen LogP contribution in [0.5, 0.6) is 5.75 Å². The molecule has 0 saturated heterocycles. The number of hydrogen-bond acceptors (Lipinski definition) is 3. The molecular formula is C12H13ClF2O3. The molecule has 0 fully saturated rings. The van der Waals surface area contributed by atoms with Gasteiger partial charge in [-0.1, -0.05) is 0 Å². The first-order valence-corrected chi connectivity index (χ1v) is 5.71. The largest absolute Gasteiger partial charge is 0.469 e. The molecule has 0 aromatic heterocycles. The van der Waals surface area contributed by atoms with Crippen molar-refractivity contribution < 1.29 is 23.0 Å². The molecule has 0 aliphatic heterocycles. The maximum atomic E-state index is 12.1. The van der Waals surface area contributed by atoms with Gasteiger partial charge in [-0.2, -0.15) is 8.78 Å². The predicted molar refractivity (Wildman–Crippen MR) is 63.1 cm³/mol. The number of hydrogen-bond donors (Lipinski definition) is 0. The number of alkyl halides is 3. The zero-order valence-electron chi connectivity index (χ0n) is 10.0. The number of halogens is 3. The van der Waals surface area contributed by atoms with Gasteiger partial charge in [0.25, 0.3) is 0 Å². The van der Waals surface area contributed by atoms with E-state index in [4.69, 9.17) is 11.6 Å². The smallest absolute Gasteiger partial charge is 0.387 e. The Kier molecular flexibility index (Phi) is 5.34. The fourth-order valence-electron chi connectivity index (χ4n) is 1.61. The summed E-state index contributed by atoms with van der Waals surface area (Å²) < 4.78 is 33.1. The number of aryl methyl sites for hydroxylation is 1. The lowest BCUT2D eigenvalue weighted by Gasteiger charge is -2.13. The molecule has 0 radical (unpaired) electrons. The Labute approximate surface area is 109 Å². The van der Waals surface area contributed by atoms with Crippen LogP contribution in [-0.4, -0.2) is 19.7 Å². The number of benzene rings is 1. The molecule has 1 aromatic rings. The van der Waals surface area contributed by atoms with Crippen LogP contribution in [0.3, 0.4) is 0 Å². The molecule has 18 heavy (non-hydrogen) atoms. The van der Waals surface area contributed by atoms with E-state index in [1.54, 1.807) is 6.92 Å². The monoisotopic (exact) mass is 278 g/mol. The first-order valence-electron chi connectivity index (χ1n) is 5.18. The number of carbonyl (C=O) groups excluding carboxylic acids is 1. The van der Waals surface area contributed by atoms with Gasteiger partial charge in [0.2, 0.25) is 0 Å². The molecule has 1 aromatic carbocycles. The van der Waals surface area contributed by atoms with Crippen LogP contribution in [0.25, 0.3) is 0 Å². The molecule has 0 aliphatic carbocycles. The molecule has 0 atom stereocenters. The molecule has 0 heterocycles. The molecule has 0 aliphatic rings. The highest BCUT2D eigenvalue weighted by Gasteiger charge is 2.14. The van der Waals surface area contributed by atoms with Gasteiger partial charge in [0.15, 0.2) is 0 Å². The van der Waals surface area contributed by atoms with Gasteiger partial charge in [-0.25, -0.2) is 0 Å². The van der Waals surface area contributed by atoms with Crippen LogP contribution in [0.2, 0.25) is 0 Å². The second-order valence-electron chi connectivity index (χ2n) is 3.64. The van der Waals surface area contributed by atoms with E-state index in [2.05, 4.69) is 9.47 Å². The normalized spacial score (nSPS) is 10.6. The SMILES string of the molecule is COC(=O)Cc1c(C)cc(OC(F)F)cc1CCl. The van der Waals surface area contributed by atoms with Gasteiger partial charge in [-0.05, 0) is 35.7 Å². The van der Waals surface area contributed by atoms with Crippen LogP contribution in [0, 0.1) is 6.92 Å².